The second-order valence-corrected chi connectivity index (χ2v) is 2.60. The smallest absolute Gasteiger partial charge is 0.0276 e. The third-order valence-corrected chi connectivity index (χ3v) is 2.13. The Morgan fingerprint density at radius 3 is 2.89 bits per heavy atom. The van der Waals surface area contributed by atoms with Gasteiger partial charge in [0.1, 0.15) is 0 Å². The summed E-state index contributed by atoms with van der Waals surface area (Å²) in [5, 5.41) is 3.30. The van der Waals surface area contributed by atoms with Crippen LogP contribution in [0.25, 0.3) is 0 Å². The quantitative estimate of drug-likeness (QED) is 0.526. The summed E-state index contributed by atoms with van der Waals surface area (Å²) < 4.78 is 0. The average molecular weight is 125 g/mol. The summed E-state index contributed by atoms with van der Waals surface area (Å²) in [6, 6.07) is 0.690. The SMILES string of the molecule is C/C=C1/CCCC1NC. The van der Waals surface area contributed by atoms with Crippen molar-refractivity contribution in [2.75, 3.05) is 7.05 Å². The molecule has 0 aromatic carbocycles. The van der Waals surface area contributed by atoms with Crippen molar-refractivity contribution < 1.29 is 0 Å². The van der Waals surface area contributed by atoms with Crippen molar-refractivity contribution in [3.8, 4) is 0 Å². The first kappa shape index (κ1) is 6.81. The van der Waals surface area contributed by atoms with E-state index in [1.165, 1.54) is 19.3 Å². The molecule has 52 valence electrons. The summed E-state index contributed by atoms with van der Waals surface area (Å²) in [6.07, 6.45) is 6.25. The number of rotatable bonds is 1. The lowest BCUT2D eigenvalue weighted by Crippen LogP contribution is -2.22. The number of nitrogens with one attached hydrogen (secondary N) is 1. The highest BCUT2D eigenvalue weighted by Gasteiger charge is 2.16. The lowest BCUT2D eigenvalue weighted by molar-refractivity contribution is 0.646. The molecule has 0 aromatic rings. The van der Waals surface area contributed by atoms with Crippen LogP contribution in [0.5, 0.6) is 0 Å². The van der Waals surface area contributed by atoms with Crippen molar-refractivity contribution in [2.45, 2.75) is 32.2 Å². The molecule has 0 bridgehead atoms. The van der Waals surface area contributed by atoms with E-state index in [1.807, 2.05) is 7.05 Å². The van der Waals surface area contributed by atoms with Gasteiger partial charge in [-0.05, 0) is 33.2 Å². The van der Waals surface area contributed by atoms with Crippen molar-refractivity contribution >= 4 is 0 Å². The van der Waals surface area contributed by atoms with Crippen molar-refractivity contribution in [3.05, 3.63) is 11.6 Å². The fourth-order valence-corrected chi connectivity index (χ4v) is 1.55. The maximum Gasteiger partial charge on any atom is 0.0276 e. The predicted octanol–water partition coefficient (Wildman–Crippen LogP) is 1.70. The zero-order chi connectivity index (χ0) is 6.69. The second-order valence-electron chi connectivity index (χ2n) is 2.60. The summed E-state index contributed by atoms with van der Waals surface area (Å²) >= 11 is 0. The van der Waals surface area contributed by atoms with Crippen LogP contribution in [0.4, 0.5) is 0 Å². The molecule has 1 rings (SSSR count). The fourth-order valence-electron chi connectivity index (χ4n) is 1.55. The van der Waals surface area contributed by atoms with E-state index < -0.39 is 0 Å². The molecule has 1 N–H and O–H groups in total. The number of likely N-dealkylation sites (N-methyl/N-ethyl adjacent to an activating group) is 1. The van der Waals surface area contributed by atoms with Gasteiger partial charge in [-0.3, -0.25) is 0 Å². The van der Waals surface area contributed by atoms with Gasteiger partial charge in [-0.25, -0.2) is 0 Å². The predicted molar refractivity (Wildman–Crippen MR) is 40.5 cm³/mol. The molecule has 1 aliphatic rings. The van der Waals surface area contributed by atoms with Gasteiger partial charge in [0.05, 0.1) is 0 Å². The van der Waals surface area contributed by atoms with E-state index in [2.05, 4.69) is 18.3 Å². The molecule has 0 aliphatic heterocycles. The average Bonchev–Trinajstić information content (AvgIpc) is 2.33. The first-order chi connectivity index (χ1) is 4.38. The minimum atomic E-state index is 0.690. The minimum absolute atomic E-state index is 0.690. The molecule has 1 aliphatic carbocycles. The van der Waals surface area contributed by atoms with Gasteiger partial charge in [0.2, 0.25) is 0 Å². The minimum Gasteiger partial charge on any atom is -0.313 e. The van der Waals surface area contributed by atoms with E-state index in [4.69, 9.17) is 0 Å². The second kappa shape index (κ2) is 3.02. The van der Waals surface area contributed by atoms with Gasteiger partial charge in [0.15, 0.2) is 0 Å². The molecule has 1 unspecified atom stereocenters. The van der Waals surface area contributed by atoms with Gasteiger partial charge in [-0.15, -0.1) is 0 Å². The molecule has 9 heavy (non-hydrogen) atoms. The van der Waals surface area contributed by atoms with Crippen LogP contribution >= 0.6 is 0 Å². The lowest BCUT2D eigenvalue weighted by atomic mass is 10.1. The zero-order valence-electron chi connectivity index (χ0n) is 6.28. The molecule has 0 amide bonds. The van der Waals surface area contributed by atoms with Crippen molar-refractivity contribution in [3.63, 3.8) is 0 Å². The molecule has 1 saturated carbocycles. The molecule has 1 atom stereocenters. The highest BCUT2D eigenvalue weighted by atomic mass is 14.9. The molecule has 0 aromatic heterocycles. The van der Waals surface area contributed by atoms with Crippen LogP contribution in [-0.2, 0) is 0 Å². The van der Waals surface area contributed by atoms with Gasteiger partial charge in [-0.1, -0.05) is 11.6 Å². The topological polar surface area (TPSA) is 12.0 Å². The zero-order valence-corrected chi connectivity index (χ0v) is 6.28. The molecular formula is C8H15N. The van der Waals surface area contributed by atoms with E-state index in [9.17, 15) is 0 Å². The Labute approximate surface area is 57.1 Å². The normalized spacial score (nSPS) is 31.8. The van der Waals surface area contributed by atoms with Gasteiger partial charge in [-0.2, -0.15) is 0 Å². The van der Waals surface area contributed by atoms with Crippen LogP contribution in [0.3, 0.4) is 0 Å². The Morgan fingerprint density at radius 1 is 1.67 bits per heavy atom. The Balaban J connectivity index is 2.52. The number of allylic oxidation sites excluding steroid dienone is 1. The van der Waals surface area contributed by atoms with Crippen LogP contribution < -0.4 is 5.32 Å². The third-order valence-electron chi connectivity index (χ3n) is 2.13. The Bertz CT molecular complexity index is 116. The van der Waals surface area contributed by atoms with Crippen molar-refractivity contribution in [1.29, 1.82) is 0 Å². The summed E-state index contributed by atoms with van der Waals surface area (Å²) in [4.78, 5) is 0. The van der Waals surface area contributed by atoms with E-state index in [1.54, 1.807) is 5.57 Å². The maximum atomic E-state index is 3.30. The van der Waals surface area contributed by atoms with Crippen LogP contribution in [0.2, 0.25) is 0 Å². The Morgan fingerprint density at radius 2 is 2.44 bits per heavy atom. The maximum absolute atomic E-state index is 3.30. The van der Waals surface area contributed by atoms with Gasteiger partial charge in [0, 0.05) is 6.04 Å². The van der Waals surface area contributed by atoms with Gasteiger partial charge in [0.25, 0.3) is 0 Å². The molecular weight excluding hydrogens is 110 g/mol. The van der Waals surface area contributed by atoms with E-state index in [-0.39, 0.29) is 0 Å². The number of hydrogen-bond acceptors (Lipinski definition) is 1. The van der Waals surface area contributed by atoms with Crippen LogP contribution in [0.1, 0.15) is 26.2 Å². The standard InChI is InChI=1S/C8H15N/c1-3-7-5-4-6-8(7)9-2/h3,8-9H,4-6H2,1-2H3/b7-3-. The van der Waals surface area contributed by atoms with Gasteiger partial charge >= 0.3 is 0 Å². The first-order valence-corrected chi connectivity index (χ1v) is 3.71. The Hall–Kier alpha value is -0.300. The Kier molecular flexibility index (Phi) is 2.29. The first-order valence-electron chi connectivity index (χ1n) is 3.71. The molecule has 0 spiro atoms. The molecule has 0 saturated heterocycles. The fraction of sp³-hybridized carbons (Fsp3) is 0.750. The lowest BCUT2D eigenvalue weighted by Gasteiger charge is -2.08. The molecule has 1 nitrogen and oxygen atoms in total. The van der Waals surface area contributed by atoms with Crippen molar-refractivity contribution in [2.24, 2.45) is 0 Å². The molecule has 0 radical (unpaired) electrons. The van der Waals surface area contributed by atoms with Crippen molar-refractivity contribution in [1.82, 2.24) is 5.32 Å². The molecule has 1 fully saturated rings. The highest BCUT2D eigenvalue weighted by molar-refractivity contribution is 5.13. The van der Waals surface area contributed by atoms with E-state index in [0.717, 1.165) is 0 Å². The van der Waals surface area contributed by atoms with Crippen LogP contribution in [-0.4, -0.2) is 13.1 Å². The summed E-state index contributed by atoms with van der Waals surface area (Å²) in [6.45, 7) is 2.13. The van der Waals surface area contributed by atoms with Crippen LogP contribution in [0.15, 0.2) is 11.6 Å². The van der Waals surface area contributed by atoms with E-state index in [0.29, 0.717) is 6.04 Å². The van der Waals surface area contributed by atoms with Crippen LogP contribution in [0, 0.1) is 0 Å². The monoisotopic (exact) mass is 125 g/mol. The summed E-state index contributed by atoms with van der Waals surface area (Å²) in [7, 11) is 2.04. The highest BCUT2D eigenvalue weighted by Crippen LogP contribution is 2.23. The molecule has 1 heteroatoms. The third kappa shape index (κ3) is 1.33. The number of hydrogen-bond donors (Lipinski definition) is 1. The molecule has 0 heterocycles. The summed E-state index contributed by atoms with van der Waals surface area (Å²) in [5.41, 5.74) is 1.59. The van der Waals surface area contributed by atoms with E-state index >= 15 is 0 Å². The largest absolute Gasteiger partial charge is 0.313 e. The summed E-state index contributed by atoms with van der Waals surface area (Å²) in [5.74, 6) is 0. The van der Waals surface area contributed by atoms with Gasteiger partial charge < -0.3 is 5.32 Å².